The van der Waals surface area contributed by atoms with Crippen LogP contribution in [0.4, 0.5) is 5.69 Å². The van der Waals surface area contributed by atoms with Gasteiger partial charge in [0.25, 0.3) is 5.56 Å². The van der Waals surface area contributed by atoms with Gasteiger partial charge in [-0.1, -0.05) is 18.2 Å². The van der Waals surface area contributed by atoms with Crippen molar-refractivity contribution in [3.05, 3.63) is 59.0 Å². The lowest BCUT2D eigenvalue weighted by Gasteiger charge is -2.28. The van der Waals surface area contributed by atoms with E-state index in [1.54, 1.807) is 30.3 Å². The quantitative estimate of drug-likeness (QED) is 0.622. The largest absolute Gasteiger partial charge is 0.307 e. The Labute approximate surface area is 175 Å². The van der Waals surface area contributed by atoms with E-state index < -0.39 is 43.9 Å². The van der Waals surface area contributed by atoms with Crippen LogP contribution in [0.15, 0.2) is 58.4 Å². The summed E-state index contributed by atoms with van der Waals surface area (Å²) in [4.78, 5) is 26.7. The Morgan fingerprint density at radius 1 is 1.13 bits per heavy atom. The standard InChI is InChI=1S/C19H23N3O6S2/c1-20(2)30(27,28)17-8-9-18(23)21(12-17)13-19(24)22(15-6-4-3-5-7-15)16-10-11-29(25,26)14-16/h3-9,12,16H,10-11,13-14H2,1-2H3/t16-/m0/s1. The Balaban J connectivity index is 1.96. The van der Waals surface area contributed by atoms with Gasteiger partial charge in [-0.15, -0.1) is 0 Å². The molecule has 2 aromatic rings. The number of aromatic nitrogens is 1. The van der Waals surface area contributed by atoms with Gasteiger partial charge in [0.05, 0.1) is 22.4 Å². The Morgan fingerprint density at radius 2 is 1.80 bits per heavy atom. The molecule has 9 nitrogen and oxygen atoms in total. The Morgan fingerprint density at radius 3 is 2.37 bits per heavy atom. The predicted octanol–water partition coefficient (Wildman–Crippen LogP) is 0.319. The van der Waals surface area contributed by atoms with Crippen molar-refractivity contribution in [3.63, 3.8) is 0 Å². The van der Waals surface area contributed by atoms with Crippen LogP contribution in [0.3, 0.4) is 0 Å². The van der Waals surface area contributed by atoms with Crippen molar-refractivity contribution in [1.29, 1.82) is 0 Å². The molecule has 0 saturated carbocycles. The molecule has 11 heteroatoms. The summed E-state index contributed by atoms with van der Waals surface area (Å²) < 4.78 is 50.7. The highest BCUT2D eigenvalue weighted by molar-refractivity contribution is 7.91. The van der Waals surface area contributed by atoms with Gasteiger partial charge in [-0.05, 0) is 24.6 Å². The molecule has 0 unspecified atom stereocenters. The lowest BCUT2D eigenvalue weighted by molar-refractivity contribution is -0.119. The van der Waals surface area contributed by atoms with Crippen LogP contribution in [0.25, 0.3) is 0 Å². The zero-order valence-corrected chi connectivity index (χ0v) is 18.3. The normalized spacial score (nSPS) is 18.4. The maximum absolute atomic E-state index is 13.2. The number of carbonyl (C=O) groups is 1. The van der Waals surface area contributed by atoms with Crippen molar-refractivity contribution in [1.82, 2.24) is 8.87 Å². The third-order valence-electron chi connectivity index (χ3n) is 4.92. The number of para-hydroxylation sites is 1. The van der Waals surface area contributed by atoms with Gasteiger partial charge >= 0.3 is 0 Å². The lowest BCUT2D eigenvalue weighted by atomic mass is 10.1. The SMILES string of the molecule is CN(C)S(=O)(=O)c1ccc(=O)n(CC(=O)N(c2ccccc2)[C@H]2CCS(=O)(=O)C2)c1. The molecule has 0 radical (unpaired) electrons. The second-order valence-electron chi connectivity index (χ2n) is 7.27. The molecule has 2 heterocycles. The van der Waals surface area contributed by atoms with Crippen molar-refractivity contribution in [2.24, 2.45) is 0 Å². The number of anilines is 1. The summed E-state index contributed by atoms with van der Waals surface area (Å²) in [6.07, 6.45) is 1.43. The molecule has 30 heavy (non-hydrogen) atoms. The first-order valence-electron chi connectivity index (χ1n) is 9.22. The topological polar surface area (TPSA) is 114 Å². The number of nitrogens with zero attached hydrogens (tertiary/aromatic N) is 3. The van der Waals surface area contributed by atoms with E-state index >= 15 is 0 Å². The number of pyridine rings is 1. The second kappa shape index (κ2) is 8.32. The van der Waals surface area contributed by atoms with E-state index in [0.717, 1.165) is 21.1 Å². The number of hydrogen-bond acceptors (Lipinski definition) is 6. The van der Waals surface area contributed by atoms with E-state index in [9.17, 15) is 26.4 Å². The zero-order chi connectivity index (χ0) is 22.1. The highest BCUT2D eigenvalue weighted by Gasteiger charge is 2.35. The predicted molar refractivity (Wildman–Crippen MR) is 113 cm³/mol. The van der Waals surface area contributed by atoms with Gasteiger partial charge < -0.3 is 9.47 Å². The van der Waals surface area contributed by atoms with E-state index in [1.165, 1.54) is 25.1 Å². The molecular formula is C19H23N3O6S2. The van der Waals surface area contributed by atoms with Gasteiger partial charge in [0, 0.05) is 32.0 Å². The van der Waals surface area contributed by atoms with E-state index in [1.807, 2.05) is 0 Å². The maximum atomic E-state index is 13.2. The summed E-state index contributed by atoms with van der Waals surface area (Å²) >= 11 is 0. The molecule has 1 fully saturated rings. The first-order chi connectivity index (χ1) is 14.0. The third kappa shape index (κ3) is 4.63. The average molecular weight is 454 g/mol. The van der Waals surface area contributed by atoms with Crippen molar-refractivity contribution >= 4 is 31.5 Å². The number of sulfonamides is 1. The van der Waals surface area contributed by atoms with E-state index in [4.69, 9.17) is 0 Å². The van der Waals surface area contributed by atoms with Crippen LogP contribution in [-0.4, -0.2) is 63.3 Å². The molecule has 1 aliphatic rings. The van der Waals surface area contributed by atoms with E-state index in [-0.39, 0.29) is 16.4 Å². The van der Waals surface area contributed by atoms with Crippen LogP contribution in [-0.2, 0) is 31.2 Å². The van der Waals surface area contributed by atoms with Gasteiger partial charge in [-0.3, -0.25) is 9.59 Å². The summed E-state index contributed by atoms with van der Waals surface area (Å²) in [5.41, 5.74) is -0.0113. The minimum atomic E-state index is -3.79. The van der Waals surface area contributed by atoms with E-state index in [2.05, 4.69) is 0 Å². The molecule has 1 atom stereocenters. The van der Waals surface area contributed by atoms with Gasteiger partial charge in [-0.25, -0.2) is 21.1 Å². The first kappa shape index (κ1) is 22.2. The summed E-state index contributed by atoms with van der Waals surface area (Å²) in [6, 6.07) is 10.4. The summed E-state index contributed by atoms with van der Waals surface area (Å²) in [7, 11) is -4.29. The van der Waals surface area contributed by atoms with Crippen LogP contribution in [0.1, 0.15) is 6.42 Å². The fourth-order valence-electron chi connectivity index (χ4n) is 3.34. The zero-order valence-electron chi connectivity index (χ0n) is 16.6. The van der Waals surface area contributed by atoms with Gasteiger partial charge in [0.2, 0.25) is 15.9 Å². The van der Waals surface area contributed by atoms with Crippen molar-refractivity contribution in [3.8, 4) is 0 Å². The molecule has 1 aromatic carbocycles. The van der Waals surface area contributed by atoms with Crippen LogP contribution >= 0.6 is 0 Å². The van der Waals surface area contributed by atoms with Crippen LogP contribution in [0.5, 0.6) is 0 Å². The van der Waals surface area contributed by atoms with Gasteiger partial charge in [0.1, 0.15) is 6.54 Å². The minimum absolute atomic E-state index is 0.00913. The van der Waals surface area contributed by atoms with Crippen LogP contribution in [0.2, 0.25) is 0 Å². The highest BCUT2D eigenvalue weighted by Crippen LogP contribution is 2.25. The molecule has 3 rings (SSSR count). The van der Waals surface area contributed by atoms with E-state index in [0.29, 0.717) is 12.1 Å². The molecular weight excluding hydrogens is 430 g/mol. The van der Waals surface area contributed by atoms with Crippen molar-refractivity contribution < 1.29 is 21.6 Å². The molecule has 0 bridgehead atoms. The molecule has 1 aromatic heterocycles. The summed E-state index contributed by atoms with van der Waals surface area (Å²) in [6.45, 7) is -0.416. The van der Waals surface area contributed by atoms with Gasteiger partial charge in [-0.2, -0.15) is 0 Å². The number of rotatable bonds is 6. The van der Waals surface area contributed by atoms with Gasteiger partial charge in [0.15, 0.2) is 9.84 Å². The molecule has 1 aliphatic heterocycles. The fraction of sp³-hybridized carbons (Fsp3) is 0.368. The molecule has 0 spiro atoms. The number of amides is 1. The molecule has 0 N–H and O–H groups in total. The number of sulfone groups is 1. The number of benzene rings is 1. The van der Waals surface area contributed by atoms with Crippen molar-refractivity contribution in [2.45, 2.75) is 23.9 Å². The molecule has 162 valence electrons. The Hall–Kier alpha value is -2.50. The van der Waals surface area contributed by atoms with Crippen LogP contribution in [0, 0.1) is 0 Å². The summed E-state index contributed by atoms with van der Waals surface area (Å²) in [5.74, 6) is -0.660. The van der Waals surface area contributed by atoms with Crippen molar-refractivity contribution in [2.75, 3.05) is 30.5 Å². The lowest BCUT2D eigenvalue weighted by Crippen LogP contribution is -2.44. The Bertz CT molecular complexity index is 1200. The first-order valence-corrected chi connectivity index (χ1v) is 12.5. The maximum Gasteiger partial charge on any atom is 0.251 e. The molecule has 1 saturated heterocycles. The monoisotopic (exact) mass is 453 g/mol. The second-order valence-corrected chi connectivity index (χ2v) is 11.7. The summed E-state index contributed by atoms with van der Waals surface area (Å²) in [5, 5.41) is 0. The smallest absolute Gasteiger partial charge is 0.251 e. The fourth-order valence-corrected chi connectivity index (χ4v) is 5.97. The third-order valence-corrected chi connectivity index (χ3v) is 8.47. The Kier molecular flexibility index (Phi) is 6.16. The minimum Gasteiger partial charge on any atom is -0.307 e. The number of carbonyl (C=O) groups excluding carboxylic acids is 1. The number of hydrogen-bond donors (Lipinski definition) is 0. The molecule has 1 amide bonds. The molecule has 0 aliphatic carbocycles. The average Bonchev–Trinajstić information content (AvgIpc) is 3.03. The highest BCUT2D eigenvalue weighted by atomic mass is 32.2. The van der Waals surface area contributed by atoms with Crippen LogP contribution < -0.4 is 10.5 Å².